The molecule has 0 aliphatic heterocycles. The van der Waals surface area contributed by atoms with Gasteiger partial charge in [-0.15, -0.1) is 0 Å². The normalized spacial score (nSPS) is 10.7. The fraction of sp³-hybridized carbons (Fsp3) is 0.312. The van der Waals surface area contributed by atoms with Crippen LogP contribution in [0.4, 0.5) is 11.4 Å². The number of aliphatic hydroxyl groups is 2. The van der Waals surface area contributed by atoms with Crippen LogP contribution in [0.1, 0.15) is 17.5 Å². The zero-order chi connectivity index (χ0) is 16.1. The minimum Gasteiger partial charge on any atom is -0.461 e. The number of hydrogen-bond acceptors (Lipinski definition) is 6. The summed E-state index contributed by atoms with van der Waals surface area (Å²) < 4.78 is 5.23. The maximum absolute atomic E-state index is 11.3. The number of carbonyl (C=O) groups is 1. The summed E-state index contributed by atoms with van der Waals surface area (Å²) in [5.74, 6) is 0.130. The molecule has 0 aliphatic rings. The zero-order valence-electron chi connectivity index (χ0n) is 12.5. The lowest BCUT2D eigenvalue weighted by atomic mass is 10.0. The highest BCUT2D eigenvalue weighted by Gasteiger charge is 2.13. The lowest BCUT2D eigenvalue weighted by Crippen LogP contribution is -2.29. The van der Waals surface area contributed by atoms with Crippen LogP contribution in [0, 0.1) is 0 Å². The Morgan fingerprint density at radius 2 is 1.91 bits per heavy atom. The smallest absolute Gasteiger partial charge is 0.194 e. The van der Waals surface area contributed by atoms with Gasteiger partial charge in [-0.2, -0.15) is 0 Å². The number of carbonyl (C=O) groups excluding carboxylic acids is 1. The standard InChI is InChI=1S/C16H20N2O4/c1-11(21)16-8-12(10-22-16)14-9-13(2-3-15(14)17)18(4-6-19)5-7-20/h2-3,8-10,19-20H,4-7,17H2,1H3. The number of rotatable bonds is 7. The molecule has 2 aromatic rings. The third-order valence-electron chi connectivity index (χ3n) is 3.40. The van der Waals surface area contributed by atoms with E-state index in [0.717, 1.165) is 16.8 Å². The van der Waals surface area contributed by atoms with Gasteiger partial charge in [0.1, 0.15) is 0 Å². The number of nitrogens with two attached hydrogens (primary N) is 1. The predicted molar refractivity (Wildman–Crippen MR) is 84.9 cm³/mol. The Morgan fingerprint density at radius 1 is 1.23 bits per heavy atom. The minimum absolute atomic E-state index is 0.0140. The van der Waals surface area contributed by atoms with Gasteiger partial charge in [0.15, 0.2) is 11.5 Å². The summed E-state index contributed by atoms with van der Waals surface area (Å²) in [6, 6.07) is 7.10. The molecule has 0 unspecified atom stereocenters. The number of ketones is 1. The van der Waals surface area contributed by atoms with Crippen molar-refractivity contribution in [1.82, 2.24) is 0 Å². The summed E-state index contributed by atoms with van der Waals surface area (Å²) in [6.45, 7) is 2.23. The fourth-order valence-corrected chi connectivity index (χ4v) is 2.26. The third-order valence-corrected chi connectivity index (χ3v) is 3.40. The second-order valence-corrected chi connectivity index (χ2v) is 4.96. The number of nitrogen functional groups attached to an aromatic ring is 1. The zero-order valence-corrected chi connectivity index (χ0v) is 12.5. The molecule has 0 saturated carbocycles. The van der Waals surface area contributed by atoms with E-state index >= 15 is 0 Å². The van der Waals surface area contributed by atoms with E-state index in [1.807, 2.05) is 17.0 Å². The molecule has 1 aromatic heterocycles. The molecule has 0 spiro atoms. The van der Waals surface area contributed by atoms with E-state index in [4.69, 9.17) is 20.4 Å². The molecule has 0 atom stereocenters. The van der Waals surface area contributed by atoms with Crippen molar-refractivity contribution in [1.29, 1.82) is 0 Å². The summed E-state index contributed by atoms with van der Waals surface area (Å²) in [5, 5.41) is 18.3. The van der Waals surface area contributed by atoms with Gasteiger partial charge in [-0.05, 0) is 24.3 Å². The number of Topliss-reactive ketones (excluding diaryl/α,β-unsaturated/α-hetero) is 1. The van der Waals surface area contributed by atoms with Crippen molar-refractivity contribution in [3.8, 4) is 11.1 Å². The molecule has 1 aromatic carbocycles. The molecule has 0 fully saturated rings. The van der Waals surface area contributed by atoms with Gasteiger partial charge in [-0.25, -0.2) is 0 Å². The highest BCUT2D eigenvalue weighted by atomic mass is 16.3. The van der Waals surface area contributed by atoms with E-state index in [9.17, 15) is 4.79 Å². The summed E-state index contributed by atoms with van der Waals surface area (Å²) in [4.78, 5) is 13.2. The second-order valence-electron chi connectivity index (χ2n) is 4.96. The molecule has 6 nitrogen and oxygen atoms in total. The molecular formula is C16H20N2O4. The molecule has 0 saturated heterocycles. The Labute approximate surface area is 128 Å². The number of benzene rings is 1. The summed E-state index contributed by atoms with van der Waals surface area (Å²) in [6.07, 6.45) is 1.49. The van der Waals surface area contributed by atoms with Crippen LogP contribution >= 0.6 is 0 Å². The second kappa shape index (κ2) is 7.11. The van der Waals surface area contributed by atoms with Crippen LogP contribution in [-0.4, -0.2) is 42.3 Å². The Hall–Kier alpha value is -2.31. The van der Waals surface area contributed by atoms with E-state index in [1.54, 1.807) is 12.1 Å². The average Bonchev–Trinajstić information content (AvgIpc) is 2.97. The molecule has 22 heavy (non-hydrogen) atoms. The SMILES string of the molecule is CC(=O)c1cc(-c2cc(N(CCO)CCO)ccc2N)co1. The Bertz CT molecular complexity index is 645. The molecular weight excluding hydrogens is 284 g/mol. The Morgan fingerprint density at radius 3 is 2.45 bits per heavy atom. The van der Waals surface area contributed by atoms with Gasteiger partial charge < -0.3 is 25.3 Å². The van der Waals surface area contributed by atoms with Crippen LogP contribution in [0.3, 0.4) is 0 Å². The first-order valence-electron chi connectivity index (χ1n) is 7.03. The summed E-state index contributed by atoms with van der Waals surface area (Å²) in [5.41, 5.74) is 8.87. The van der Waals surface area contributed by atoms with Gasteiger partial charge in [0.25, 0.3) is 0 Å². The van der Waals surface area contributed by atoms with E-state index in [1.165, 1.54) is 13.2 Å². The lowest BCUT2D eigenvalue weighted by molar-refractivity contribution is 0.0987. The van der Waals surface area contributed by atoms with Crippen molar-refractivity contribution in [2.24, 2.45) is 0 Å². The van der Waals surface area contributed by atoms with Crippen LogP contribution in [0.2, 0.25) is 0 Å². The van der Waals surface area contributed by atoms with Crippen LogP contribution in [-0.2, 0) is 0 Å². The van der Waals surface area contributed by atoms with Crippen LogP contribution in [0.15, 0.2) is 34.9 Å². The van der Waals surface area contributed by atoms with Crippen molar-refractivity contribution < 1.29 is 19.4 Å². The van der Waals surface area contributed by atoms with Gasteiger partial charge in [-0.1, -0.05) is 0 Å². The first-order chi connectivity index (χ1) is 10.6. The van der Waals surface area contributed by atoms with Gasteiger partial charge in [-0.3, -0.25) is 4.79 Å². The molecule has 118 valence electrons. The quantitative estimate of drug-likeness (QED) is 0.530. The number of aliphatic hydroxyl groups excluding tert-OH is 2. The molecule has 1 heterocycles. The maximum Gasteiger partial charge on any atom is 0.194 e. The van der Waals surface area contributed by atoms with Crippen molar-refractivity contribution in [3.63, 3.8) is 0 Å². The first kappa shape index (κ1) is 16.1. The van der Waals surface area contributed by atoms with E-state index in [2.05, 4.69) is 0 Å². The minimum atomic E-state index is -0.150. The van der Waals surface area contributed by atoms with Crippen molar-refractivity contribution in [3.05, 3.63) is 36.3 Å². The van der Waals surface area contributed by atoms with Crippen LogP contribution in [0.5, 0.6) is 0 Å². The van der Waals surface area contributed by atoms with Crippen LogP contribution in [0.25, 0.3) is 11.1 Å². The predicted octanol–water partition coefficient (Wildman–Crippen LogP) is 1.52. The molecule has 4 N–H and O–H groups in total. The van der Waals surface area contributed by atoms with Gasteiger partial charge in [0.2, 0.25) is 0 Å². The largest absolute Gasteiger partial charge is 0.461 e. The Balaban J connectivity index is 2.38. The summed E-state index contributed by atoms with van der Waals surface area (Å²) in [7, 11) is 0. The highest BCUT2D eigenvalue weighted by Crippen LogP contribution is 2.31. The molecule has 0 amide bonds. The molecule has 0 aliphatic carbocycles. The summed E-state index contributed by atoms with van der Waals surface area (Å²) >= 11 is 0. The molecule has 6 heteroatoms. The van der Waals surface area contributed by atoms with Crippen molar-refractivity contribution in [2.75, 3.05) is 36.9 Å². The van der Waals surface area contributed by atoms with Gasteiger partial charge >= 0.3 is 0 Å². The highest BCUT2D eigenvalue weighted by molar-refractivity contribution is 5.93. The number of furan rings is 1. The van der Waals surface area contributed by atoms with Crippen LogP contribution < -0.4 is 10.6 Å². The number of anilines is 2. The third kappa shape index (κ3) is 3.47. The average molecular weight is 304 g/mol. The van der Waals surface area contributed by atoms with E-state index in [-0.39, 0.29) is 24.8 Å². The molecule has 0 bridgehead atoms. The maximum atomic E-state index is 11.3. The fourth-order valence-electron chi connectivity index (χ4n) is 2.26. The van der Waals surface area contributed by atoms with Gasteiger partial charge in [0, 0.05) is 42.5 Å². The van der Waals surface area contributed by atoms with Crippen molar-refractivity contribution in [2.45, 2.75) is 6.92 Å². The number of nitrogens with zero attached hydrogens (tertiary/aromatic N) is 1. The van der Waals surface area contributed by atoms with Gasteiger partial charge in [0.05, 0.1) is 19.5 Å². The lowest BCUT2D eigenvalue weighted by Gasteiger charge is -2.23. The van der Waals surface area contributed by atoms with Crippen molar-refractivity contribution >= 4 is 17.2 Å². The molecule has 0 radical (unpaired) electrons. The topological polar surface area (TPSA) is 99.9 Å². The van der Waals surface area contributed by atoms with E-state index < -0.39 is 0 Å². The number of hydrogen-bond donors (Lipinski definition) is 3. The monoisotopic (exact) mass is 304 g/mol. The first-order valence-corrected chi connectivity index (χ1v) is 7.03. The Kier molecular flexibility index (Phi) is 5.19. The molecule has 2 rings (SSSR count). The van der Waals surface area contributed by atoms with E-state index in [0.29, 0.717) is 18.8 Å².